The van der Waals surface area contributed by atoms with E-state index < -0.39 is 17.7 Å². The normalized spacial score (nSPS) is 20.8. The average Bonchev–Trinajstić information content (AvgIpc) is 3.35. The molecule has 0 saturated carbocycles. The predicted octanol–water partition coefficient (Wildman–Crippen LogP) is 4.04. The van der Waals surface area contributed by atoms with E-state index in [1.54, 1.807) is 62.0 Å². The summed E-state index contributed by atoms with van der Waals surface area (Å²) in [6.45, 7) is 2.16. The zero-order valence-electron chi connectivity index (χ0n) is 18.9. The van der Waals surface area contributed by atoms with E-state index >= 15 is 0 Å². The van der Waals surface area contributed by atoms with Gasteiger partial charge in [-0.25, -0.2) is 0 Å². The van der Waals surface area contributed by atoms with Gasteiger partial charge in [0.05, 0.1) is 18.7 Å². The predicted molar refractivity (Wildman–Crippen MR) is 125 cm³/mol. The number of hydrogen-bond acceptors (Lipinski definition) is 6. The van der Waals surface area contributed by atoms with Gasteiger partial charge in [0.25, 0.3) is 11.7 Å². The highest BCUT2D eigenvalue weighted by Gasteiger charge is 2.46. The molecule has 0 unspecified atom stereocenters. The van der Waals surface area contributed by atoms with E-state index in [1.165, 1.54) is 4.90 Å². The van der Waals surface area contributed by atoms with Crippen LogP contribution in [0, 0.1) is 0 Å². The molecule has 0 aliphatic carbocycles. The van der Waals surface area contributed by atoms with E-state index in [-0.39, 0.29) is 24.0 Å². The molecule has 1 saturated heterocycles. The second-order valence-corrected chi connectivity index (χ2v) is 8.52. The minimum absolute atomic E-state index is 0.0526. The van der Waals surface area contributed by atoms with Gasteiger partial charge in [0.2, 0.25) is 0 Å². The third-order valence-electron chi connectivity index (χ3n) is 6.22. The second-order valence-electron chi connectivity index (χ2n) is 8.52. The first-order valence-corrected chi connectivity index (χ1v) is 11.1. The molecule has 34 heavy (non-hydrogen) atoms. The molecule has 2 atom stereocenters. The van der Waals surface area contributed by atoms with Gasteiger partial charge in [-0.1, -0.05) is 18.2 Å². The lowest BCUT2D eigenvalue weighted by atomic mass is 9.94. The largest absolute Gasteiger partial charge is 0.507 e. The first-order chi connectivity index (χ1) is 16.5. The molecule has 172 valence electrons. The molecule has 1 N–H and O–H groups in total. The number of aliphatic hydroxyl groups is 1. The van der Waals surface area contributed by atoms with Crippen LogP contribution in [0.15, 0.2) is 72.6 Å². The summed E-state index contributed by atoms with van der Waals surface area (Å²) in [5.74, 6) is -0.152. The van der Waals surface area contributed by atoms with Crippen molar-refractivity contribution in [2.24, 2.45) is 0 Å². The van der Waals surface area contributed by atoms with Gasteiger partial charge in [0.1, 0.15) is 23.4 Å². The summed E-state index contributed by atoms with van der Waals surface area (Å²) in [6, 6.07) is 15.4. The van der Waals surface area contributed by atoms with E-state index in [9.17, 15) is 14.7 Å². The molecule has 1 amide bonds. The number of aliphatic hydroxyl groups excluding tert-OH is 1. The van der Waals surface area contributed by atoms with Crippen molar-refractivity contribution in [2.75, 3.05) is 7.11 Å². The van der Waals surface area contributed by atoms with Crippen LogP contribution < -0.4 is 9.47 Å². The fraction of sp³-hybridized carbons (Fsp3) is 0.222. The molecule has 0 spiro atoms. The van der Waals surface area contributed by atoms with Gasteiger partial charge < -0.3 is 19.5 Å². The number of ketones is 1. The number of carbonyl (C=O) groups is 2. The fourth-order valence-corrected chi connectivity index (χ4v) is 4.59. The lowest BCUT2D eigenvalue weighted by Crippen LogP contribution is -2.29. The highest BCUT2D eigenvalue weighted by atomic mass is 16.5. The molecule has 5 rings (SSSR count). The van der Waals surface area contributed by atoms with Crippen LogP contribution in [0.25, 0.3) is 5.76 Å². The van der Waals surface area contributed by atoms with E-state index in [1.807, 2.05) is 19.1 Å². The Morgan fingerprint density at radius 2 is 1.97 bits per heavy atom. The summed E-state index contributed by atoms with van der Waals surface area (Å²) in [6.07, 6.45) is 4.08. The van der Waals surface area contributed by atoms with Crippen LogP contribution in [0.1, 0.15) is 35.2 Å². The van der Waals surface area contributed by atoms with Gasteiger partial charge in [0, 0.05) is 30.9 Å². The maximum absolute atomic E-state index is 13.2. The van der Waals surface area contributed by atoms with Crippen LogP contribution in [-0.4, -0.2) is 39.9 Å². The molecule has 3 aromatic rings. The number of Topliss-reactive ketones (excluding diaryl/α,β-unsaturated/α-hetero) is 1. The molecular formula is C27H24N2O5. The number of pyridine rings is 1. The number of fused-ring (bicyclic) bond motifs is 1. The first kappa shape index (κ1) is 21.7. The number of nitrogens with zero attached hydrogens (tertiary/aromatic N) is 2. The molecule has 1 fully saturated rings. The molecule has 3 heterocycles. The van der Waals surface area contributed by atoms with E-state index in [0.29, 0.717) is 23.3 Å². The zero-order chi connectivity index (χ0) is 23.8. The maximum Gasteiger partial charge on any atom is 0.295 e. The Morgan fingerprint density at radius 3 is 2.68 bits per heavy atom. The minimum Gasteiger partial charge on any atom is -0.507 e. The molecule has 7 heteroatoms. The monoisotopic (exact) mass is 456 g/mol. The molecule has 7 nitrogen and oxygen atoms in total. The summed E-state index contributed by atoms with van der Waals surface area (Å²) in [5.41, 5.74) is 2.98. The molecule has 2 aliphatic heterocycles. The summed E-state index contributed by atoms with van der Waals surface area (Å²) < 4.78 is 11.0. The van der Waals surface area contributed by atoms with Crippen molar-refractivity contribution in [3.05, 3.63) is 94.8 Å². The van der Waals surface area contributed by atoms with Crippen molar-refractivity contribution in [3.8, 4) is 11.5 Å². The van der Waals surface area contributed by atoms with Gasteiger partial charge in [-0.2, -0.15) is 0 Å². The van der Waals surface area contributed by atoms with Crippen molar-refractivity contribution >= 4 is 17.4 Å². The SMILES string of the molecule is COc1ccc([C@@H]2/C(=C(\O)c3ccc4c(c3)C[C@H](C)O4)C(=O)C(=O)N2Cc2cccnc2)cc1. The number of ether oxygens (including phenoxy) is 2. The van der Waals surface area contributed by atoms with Crippen molar-refractivity contribution in [2.45, 2.75) is 32.0 Å². The van der Waals surface area contributed by atoms with Gasteiger partial charge in [-0.3, -0.25) is 14.6 Å². The highest BCUT2D eigenvalue weighted by molar-refractivity contribution is 6.46. The Kier molecular flexibility index (Phi) is 5.53. The van der Waals surface area contributed by atoms with Gasteiger partial charge in [0.15, 0.2) is 0 Å². The van der Waals surface area contributed by atoms with Crippen LogP contribution in [0.2, 0.25) is 0 Å². The standard InChI is InChI=1S/C27H24N2O5/c1-16-12-20-13-19(7-10-22(20)34-16)25(30)23-24(18-5-8-21(33-2)9-6-18)29(27(32)26(23)31)15-17-4-3-11-28-14-17/h3-11,13-14,16,24,30H,12,15H2,1-2H3/b25-23+/t16-,24+/m0/s1. The Bertz CT molecular complexity index is 1280. The zero-order valence-corrected chi connectivity index (χ0v) is 18.9. The average molecular weight is 456 g/mol. The third-order valence-corrected chi connectivity index (χ3v) is 6.22. The molecule has 0 radical (unpaired) electrons. The number of benzene rings is 2. The third kappa shape index (κ3) is 3.79. The number of aromatic nitrogens is 1. The Hall–Kier alpha value is -4.13. The number of hydrogen-bond donors (Lipinski definition) is 1. The molecule has 2 aliphatic rings. The van der Waals surface area contributed by atoms with E-state index in [4.69, 9.17) is 9.47 Å². The second kappa shape index (κ2) is 8.67. The van der Waals surface area contributed by atoms with Crippen molar-refractivity contribution < 1.29 is 24.2 Å². The quantitative estimate of drug-likeness (QED) is 0.354. The Labute approximate surface area is 197 Å². The topological polar surface area (TPSA) is 89.0 Å². The number of carbonyl (C=O) groups excluding carboxylic acids is 2. The summed E-state index contributed by atoms with van der Waals surface area (Å²) in [4.78, 5) is 32.0. The van der Waals surface area contributed by atoms with Crippen LogP contribution in [-0.2, 0) is 22.6 Å². The number of amides is 1. The number of rotatable bonds is 5. The van der Waals surface area contributed by atoms with Crippen molar-refractivity contribution in [3.63, 3.8) is 0 Å². The lowest BCUT2D eigenvalue weighted by molar-refractivity contribution is -0.140. The van der Waals surface area contributed by atoms with E-state index in [0.717, 1.165) is 16.9 Å². The molecular weight excluding hydrogens is 432 g/mol. The van der Waals surface area contributed by atoms with Crippen LogP contribution in [0.3, 0.4) is 0 Å². The maximum atomic E-state index is 13.2. The Morgan fingerprint density at radius 1 is 1.18 bits per heavy atom. The number of likely N-dealkylation sites (tertiary alicyclic amines) is 1. The van der Waals surface area contributed by atoms with Gasteiger partial charge in [-0.15, -0.1) is 0 Å². The summed E-state index contributed by atoms with van der Waals surface area (Å²) in [5, 5.41) is 11.3. The van der Waals surface area contributed by atoms with Crippen LogP contribution in [0.5, 0.6) is 11.5 Å². The molecule has 0 bridgehead atoms. The minimum atomic E-state index is -0.755. The first-order valence-electron chi connectivity index (χ1n) is 11.1. The Balaban J connectivity index is 1.62. The summed E-state index contributed by atoms with van der Waals surface area (Å²) in [7, 11) is 1.57. The van der Waals surface area contributed by atoms with Gasteiger partial charge in [-0.05, 0) is 60.0 Å². The lowest BCUT2D eigenvalue weighted by Gasteiger charge is -2.25. The molecule has 1 aromatic heterocycles. The van der Waals surface area contributed by atoms with E-state index in [2.05, 4.69) is 4.98 Å². The van der Waals surface area contributed by atoms with Gasteiger partial charge >= 0.3 is 0 Å². The van der Waals surface area contributed by atoms with Crippen LogP contribution in [0.4, 0.5) is 0 Å². The summed E-state index contributed by atoms with van der Waals surface area (Å²) >= 11 is 0. The fourth-order valence-electron chi connectivity index (χ4n) is 4.59. The van der Waals surface area contributed by atoms with Crippen molar-refractivity contribution in [1.29, 1.82) is 0 Å². The smallest absolute Gasteiger partial charge is 0.295 e. The van der Waals surface area contributed by atoms with Crippen LogP contribution >= 0.6 is 0 Å². The highest BCUT2D eigenvalue weighted by Crippen LogP contribution is 2.41. The van der Waals surface area contributed by atoms with Crippen molar-refractivity contribution in [1.82, 2.24) is 9.88 Å². The number of methoxy groups -OCH3 is 1. The molecule has 2 aromatic carbocycles.